The highest BCUT2D eigenvalue weighted by Crippen LogP contribution is 2.26. The van der Waals surface area contributed by atoms with Crippen molar-refractivity contribution in [3.8, 4) is 11.1 Å². The van der Waals surface area contributed by atoms with E-state index < -0.39 is 0 Å². The summed E-state index contributed by atoms with van der Waals surface area (Å²) in [6.07, 6.45) is 3.81. The van der Waals surface area contributed by atoms with Gasteiger partial charge in [-0.15, -0.1) is 0 Å². The largest absolute Gasteiger partial charge is 0.304 e. The van der Waals surface area contributed by atoms with Gasteiger partial charge in [0.05, 0.1) is 11.0 Å². The Bertz CT molecular complexity index is 1130. The minimum absolute atomic E-state index is 0.650. The summed E-state index contributed by atoms with van der Waals surface area (Å²) in [7, 11) is 2.15. The molecule has 1 saturated heterocycles. The minimum atomic E-state index is 0.650. The van der Waals surface area contributed by atoms with E-state index >= 15 is 0 Å². The first-order chi connectivity index (χ1) is 13.7. The summed E-state index contributed by atoms with van der Waals surface area (Å²) in [6.45, 7) is 4.02. The molecule has 4 aromatic rings. The Hall–Kier alpha value is -3.09. The fourth-order valence-corrected chi connectivity index (χ4v) is 3.56. The van der Waals surface area contributed by atoms with Crippen LogP contribution in [0.15, 0.2) is 60.9 Å². The summed E-state index contributed by atoms with van der Waals surface area (Å²) in [5, 5.41) is 4.34. The molecule has 0 spiro atoms. The maximum Gasteiger partial charge on any atom is 0.238 e. The summed E-state index contributed by atoms with van der Waals surface area (Å²) in [5.74, 6) is 0.650. The first kappa shape index (κ1) is 17.0. The molecule has 1 N–H and O–H groups in total. The maximum atomic E-state index is 4.68. The number of nitrogens with zero attached hydrogens (tertiary/aromatic N) is 5. The topological polar surface area (TPSA) is 57.2 Å². The van der Waals surface area contributed by atoms with E-state index in [1.165, 1.54) is 0 Å². The van der Waals surface area contributed by atoms with Gasteiger partial charge in [0.1, 0.15) is 0 Å². The lowest BCUT2D eigenvalue weighted by atomic mass is 10.0. The van der Waals surface area contributed by atoms with Gasteiger partial charge >= 0.3 is 0 Å². The van der Waals surface area contributed by atoms with E-state index in [9.17, 15) is 0 Å². The third-order valence-electron chi connectivity index (χ3n) is 5.27. The van der Waals surface area contributed by atoms with E-state index in [1.54, 1.807) is 0 Å². The van der Waals surface area contributed by atoms with Crippen molar-refractivity contribution in [1.29, 1.82) is 0 Å². The molecule has 0 atom stereocenters. The number of hydrazine groups is 1. The second kappa shape index (κ2) is 7.14. The number of benzene rings is 2. The van der Waals surface area contributed by atoms with Crippen LogP contribution < -0.4 is 5.43 Å². The molecule has 6 nitrogen and oxygen atoms in total. The lowest BCUT2D eigenvalue weighted by molar-refractivity contribution is 0.178. The molecule has 0 bridgehead atoms. The monoisotopic (exact) mass is 370 g/mol. The molecule has 1 aliphatic rings. The second-order valence-corrected chi connectivity index (χ2v) is 7.29. The van der Waals surface area contributed by atoms with Crippen LogP contribution in [0.4, 0.5) is 5.95 Å². The van der Waals surface area contributed by atoms with Crippen molar-refractivity contribution >= 4 is 27.8 Å². The van der Waals surface area contributed by atoms with Crippen molar-refractivity contribution in [3.05, 3.63) is 60.9 Å². The predicted octanol–water partition coefficient (Wildman–Crippen LogP) is 3.42. The molecule has 1 fully saturated rings. The lowest BCUT2D eigenvalue weighted by Gasteiger charge is -2.32. The number of pyridine rings is 1. The highest BCUT2D eigenvalue weighted by molar-refractivity contribution is 5.88. The van der Waals surface area contributed by atoms with Crippen LogP contribution >= 0.6 is 0 Å². The number of piperazine rings is 1. The number of anilines is 1. The van der Waals surface area contributed by atoms with E-state index in [-0.39, 0.29) is 0 Å². The molecule has 28 heavy (non-hydrogen) atoms. The predicted molar refractivity (Wildman–Crippen MR) is 113 cm³/mol. The second-order valence-electron chi connectivity index (χ2n) is 7.29. The summed E-state index contributed by atoms with van der Waals surface area (Å²) >= 11 is 0. The third-order valence-corrected chi connectivity index (χ3v) is 5.27. The number of fused-ring (bicyclic) bond motifs is 2. The van der Waals surface area contributed by atoms with Gasteiger partial charge in [-0.1, -0.05) is 24.3 Å². The number of hydrogen-bond donors (Lipinski definition) is 1. The van der Waals surface area contributed by atoms with Crippen LogP contribution in [0.25, 0.3) is 32.9 Å². The minimum Gasteiger partial charge on any atom is -0.304 e. The molecule has 2 aromatic heterocycles. The lowest BCUT2D eigenvalue weighted by Crippen LogP contribution is -2.47. The number of aromatic nitrogens is 3. The first-order valence-electron chi connectivity index (χ1n) is 9.57. The van der Waals surface area contributed by atoms with Crippen LogP contribution in [0.3, 0.4) is 0 Å². The van der Waals surface area contributed by atoms with Gasteiger partial charge in [0.25, 0.3) is 0 Å². The van der Waals surface area contributed by atoms with Gasteiger partial charge in [0.2, 0.25) is 5.95 Å². The normalized spacial score (nSPS) is 15.9. The molecule has 0 radical (unpaired) electrons. The Morgan fingerprint density at radius 1 is 0.786 bits per heavy atom. The molecular weight excluding hydrogens is 348 g/mol. The Balaban J connectivity index is 1.41. The zero-order valence-corrected chi connectivity index (χ0v) is 15.8. The van der Waals surface area contributed by atoms with Gasteiger partial charge in [-0.05, 0) is 36.9 Å². The summed E-state index contributed by atoms with van der Waals surface area (Å²) in [4.78, 5) is 16.1. The Morgan fingerprint density at radius 2 is 1.61 bits per heavy atom. The number of hydrogen-bond acceptors (Lipinski definition) is 6. The highest BCUT2D eigenvalue weighted by atomic mass is 15.5. The van der Waals surface area contributed by atoms with Gasteiger partial charge in [-0.2, -0.15) is 0 Å². The Kier molecular flexibility index (Phi) is 4.35. The van der Waals surface area contributed by atoms with Crippen LogP contribution in [-0.4, -0.2) is 58.1 Å². The van der Waals surface area contributed by atoms with E-state index in [2.05, 4.69) is 67.7 Å². The Labute approximate surface area is 163 Å². The summed E-state index contributed by atoms with van der Waals surface area (Å²) < 4.78 is 0. The summed E-state index contributed by atoms with van der Waals surface area (Å²) in [5.41, 5.74) is 7.50. The fourth-order valence-electron chi connectivity index (χ4n) is 3.56. The van der Waals surface area contributed by atoms with Gasteiger partial charge in [0.15, 0.2) is 0 Å². The molecule has 1 aliphatic heterocycles. The van der Waals surface area contributed by atoms with Crippen LogP contribution in [0, 0.1) is 0 Å². The van der Waals surface area contributed by atoms with Gasteiger partial charge in [-0.3, -0.25) is 10.4 Å². The van der Waals surface area contributed by atoms with Gasteiger partial charge in [-0.25, -0.2) is 15.0 Å². The molecule has 5 rings (SSSR count). The smallest absolute Gasteiger partial charge is 0.238 e. The molecule has 0 unspecified atom stereocenters. The number of rotatable bonds is 3. The fraction of sp³-hybridized carbons (Fsp3) is 0.227. The van der Waals surface area contributed by atoms with Crippen LogP contribution in [0.2, 0.25) is 0 Å². The van der Waals surface area contributed by atoms with Crippen molar-refractivity contribution in [2.75, 3.05) is 38.7 Å². The zero-order valence-electron chi connectivity index (χ0n) is 15.8. The molecule has 0 aliphatic carbocycles. The summed E-state index contributed by atoms with van der Waals surface area (Å²) in [6, 6.07) is 16.6. The number of likely N-dealkylation sites (N-methyl/N-ethyl adjacent to an activating group) is 1. The van der Waals surface area contributed by atoms with Crippen LogP contribution in [0.5, 0.6) is 0 Å². The first-order valence-corrected chi connectivity index (χ1v) is 9.57. The van der Waals surface area contributed by atoms with Gasteiger partial charge in [0, 0.05) is 54.9 Å². The Morgan fingerprint density at radius 3 is 2.50 bits per heavy atom. The van der Waals surface area contributed by atoms with Crippen LogP contribution in [0.1, 0.15) is 0 Å². The maximum absolute atomic E-state index is 4.68. The molecule has 3 heterocycles. The average Bonchev–Trinajstić information content (AvgIpc) is 2.74. The number of nitrogens with one attached hydrogen (secondary N) is 1. The number of para-hydroxylation sites is 1. The SMILES string of the molecule is CN1CCN(Nc2ncc3cc(-c4cnc5ccccc5c4)ccc3n2)CC1. The molecule has 140 valence electrons. The van der Waals surface area contributed by atoms with E-state index in [4.69, 9.17) is 0 Å². The van der Waals surface area contributed by atoms with Crippen molar-refractivity contribution < 1.29 is 0 Å². The van der Waals surface area contributed by atoms with E-state index in [1.807, 2.05) is 30.6 Å². The van der Waals surface area contributed by atoms with Crippen molar-refractivity contribution in [2.24, 2.45) is 0 Å². The third kappa shape index (κ3) is 3.40. The van der Waals surface area contributed by atoms with E-state index in [0.717, 1.165) is 59.1 Å². The quantitative estimate of drug-likeness (QED) is 0.596. The average molecular weight is 370 g/mol. The molecule has 0 amide bonds. The molecule has 2 aromatic carbocycles. The van der Waals surface area contributed by atoms with E-state index in [0.29, 0.717) is 5.95 Å². The standard InChI is InChI=1S/C22H22N6/c1-27-8-10-28(11-9-27)26-22-24-15-19-12-16(6-7-21(19)25-22)18-13-17-4-2-3-5-20(17)23-14-18/h2-7,12-15H,8-11H2,1H3,(H,24,25,26). The zero-order chi connectivity index (χ0) is 18.9. The molecular formula is C22H22N6. The van der Waals surface area contributed by atoms with Crippen molar-refractivity contribution in [2.45, 2.75) is 0 Å². The van der Waals surface area contributed by atoms with Gasteiger partial charge < -0.3 is 4.90 Å². The van der Waals surface area contributed by atoms with Crippen molar-refractivity contribution in [3.63, 3.8) is 0 Å². The highest BCUT2D eigenvalue weighted by Gasteiger charge is 2.14. The molecule has 0 saturated carbocycles. The van der Waals surface area contributed by atoms with Crippen molar-refractivity contribution in [1.82, 2.24) is 24.9 Å². The van der Waals surface area contributed by atoms with Crippen LogP contribution in [-0.2, 0) is 0 Å². The molecule has 6 heteroatoms.